The summed E-state index contributed by atoms with van der Waals surface area (Å²) in [7, 11) is 0. The molecule has 0 aliphatic carbocycles. The monoisotopic (exact) mass is 285 g/mol. The smallest absolute Gasteiger partial charge is 0.0900 e. The van der Waals surface area contributed by atoms with Crippen LogP contribution in [0.3, 0.4) is 0 Å². The Hall–Kier alpha value is -0.200. The fourth-order valence-electron chi connectivity index (χ4n) is 3.21. The van der Waals surface area contributed by atoms with Crippen molar-refractivity contribution in [3.63, 3.8) is 0 Å². The molecule has 0 aromatic heterocycles. The molecule has 2 unspecified atom stereocenters. The van der Waals surface area contributed by atoms with Crippen molar-refractivity contribution < 1.29 is 9.84 Å². The Morgan fingerprint density at radius 1 is 1.20 bits per heavy atom. The van der Waals surface area contributed by atoms with E-state index in [4.69, 9.17) is 10.5 Å². The van der Waals surface area contributed by atoms with Crippen molar-refractivity contribution in [2.45, 2.75) is 57.4 Å². The maximum atomic E-state index is 9.99. The molecule has 20 heavy (non-hydrogen) atoms. The number of piperidine rings is 1. The first-order chi connectivity index (χ1) is 9.54. The van der Waals surface area contributed by atoms with Gasteiger partial charge in [-0.3, -0.25) is 9.80 Å². The fraction of sp³-hybridized carbons (Fsp3) is 1.00. The van der Waals surface area contributed by atoms with Crippen LogP contribution >= 0.6 is 0 Å². The molecule has 5 nitrogen and oxygen atoms in total. The third kappa shape index (κ3) is 4.97. The van der Waals surface area contributed by atoms with E-state index in [9.17, 15) is 5.11 Å². The summed E-state index contributed by atoms with van der Waals surface area (Å²) in [5.74, 6) is 0. The fourth-order valence-corrected chi connectivity index (χ4v) is 3.21. The molecule has 2 aliphatic heterocycles. The van der Waals surface area contributed by atoms with Gasteiger partial charge in [-0.15, -0.1) is 0 Å². The van der Waals surface area contributed by atoms with E-state index >= 15 is 0 Å². The molecule has 118 valence electrons. The number of β-amino-alcohol motifs (C(OH)–C–C–N with tert-alkyl or cyclic N) is 1. The van der Waals surface area contributed by atoms with Gasteiger partial charge in [-0.1, -0.05) is 0 Å². The lowest BCUT2D eigenvalue weighted by Gasteiger charge is -2.34. The van der Waals surface area contributed by atoms with Gasteiger partial charge in [0.1, 0.15) is 0 Å². The van der Waals surface area contributed by atoms with Crippen LogP contribution in [0.25, 0.3) is 0 Å². The summed E-state index contributed by atoms with van der Waals surface area (Å²) < 4.78 is 5.47. The summed E-state index contributed by atoms with van der Waals surface area (Å²) in [6.45, 7) is 9.62. The molecule has 0 amide bonds. The second kappa shape index (κ2) is 7.71. The molecule has 0 aromatic rings. The predicted octanol–water partition coefficient (Wildman–Crippen LogP) is 0.270. The van der Waals surface area contributed by atoms with Crippen molar-refractivity contribution in [3.05, 3.63) is 0 Å². The lowest BCUT2D eigenvalue weighted by atomic mass is 10.0. The summed E-state index contributed by atoms with van der Waals surface area (Å²) in [6.07, 6.45) is 3.29. The van der Waals surface area contributed by atoms with E-state index in [1.807, 2.05) is 13.8 Å². The van der Waals surface area contributed by atoms with Crippen molar-refractivity contribution in [1.29, 1.82) is 0 Å². The first-order valence-electron chi connectivity index (χ1n) is 8.06. The maximum Gasteiger partial charge on any atom is 0.0900 e. The molecular weight excluding hydrogens is 254 g/mol. The zero-order chi connectivity index (χ0) is 14.5. The van der Waals surface area contributed by atoms with E-state index in [1.54, 1.807) is 0 Å². The topological polar surface area (TPSA) is 62.0 Å². The molecule has 0 radical (unpaired) electrons. The van der Waals surface area contributed by atoms with Crippen LogP contribution in [0.1, 0.15) is 33.1 Å². The number of aliphatic hydroxyl groups is 1. The second-order valence-corrected chi connectivity index (χ2v) is 6.61. The molecule has 2 heterocycles. The number of nitrogens with zero attached hydrogens (tertiary/aromatic N) is 2. The molecule has 0 aromatic carbocycles. The first-order valence-corrected chi connectivity index (χ1v) is 8.06. The molecule has 2 saturated heterocycles. The largest absolute Gasteiger partial charge is 0.389 e. The highest BCUT2D eigenvalue weighted by molar-refractivity contribution is 4.87. The molecule has 5 heteroatoms. The number of nitrogens with two attached hydrogens (primary N) is 1. The highest BCUT2D eigenvalue weighted by Crippen LogP contribution is 2.20. The molecule has 0 bridgehead atoms. The molecule has 2 atom stereocenters. The van der Waals surface area contributed by atoms with E-state index in [2.05, 4.69) is 9.80 Å². The summed E-state index contributed by atoms with van der Waals surface area (Å²) in [5, 5.41) is 9.99. The Kier molecular flexibility index (Phi) is 6.23. The first kappa shape index (κ1) is 16.2. The number of hydrogen-bond acceptors (Lipinski definition) is 5. The Bertz CT molecular complexity index is 280. The van der Waals surface area contributed by atoms with Crippen molar-refractivity contribution in [2.24, 2.45) is 5.73 Å². The van der Waals surface area contributed by atoms with E-state index in [0.29, 0.717) is 18.7 Å². The molecule has 0 spiro atoms. The van der Waals surface area contributed by atoms with E-state index < -0.39 is 0 Å². The summed E-state index contributed by atoms with van der Waals surface area (Å²) in [5.41, 5.74) is 5.96. The van der Waals surface area contributed by atoms with Crippen molar-refractivity contribution >= 4 is 0 Å². The molecule has 3 N–H and O–H groups in total. The zero-order valence-electron chi connectivity index (χ0n) is 13.0. The van der Waals surface area contributed by atoms with Crippen LogP contribution in [0.15, 0.2) is 0 Å². The number of aliphatic hydroxyl groups excluding tert-OH is 1. The van der Waals surface area contributed by atoms with Crippen LogP contribution in [0, 0.1) is 0 Å². The van der Waals surface area contributed by atoms with Gasteiger partial charge in [0, 0.05) is 25.2 Å². The third-order valence-corrected chi connectivity index (χ3v) is 4.43. The minimum Gasteiger partial charge on any atom is -0.389 e. The second-order valence-electron chi connectivity index (χ2n) is 6.61. The number of hydrogen-bond donors (Lipinski definition) is 2. The molecular formula is C15H31N3O2. The number of ether oxygens (including phenoxy) is 1. The average Bonchev–Trinajstić information content (AvgIpc) is 2.85. The minimum atomic E-state index is -0.370. The number of rotatable bonds is 6. The predicted molar refractivity (Wildman–Crippen MR) is 80.7 cm³/mol. The Morgan fingerprint density at radius 2 is 1.90 bits per heavy atom. The lowest BCUT2D eigenvalue weighted by molar-refractivity contribution is -0.00667. The quantitative estimate of drug-likeness (QED) is 0.733. The van der Waals surface area contributed by atoms with Crippen molar-refractivity contribution in [3.8, 4) is 0 Å². The molecule has 0 saturated carbocycles. The van der Waals surface area contributed by atoms with E-state index in [-0.39, 0.29) is 12.2 Å². The highest BCUT2D eigenvalue weighted by atomic mass is 16.5. The van der Waals surface area contributed by atoms with E-state index in [1.165, 1.54) is 6.42 Å². The molecule has 2 rings (SSSR count). The molecule has 2 fully saturated rings. The molecule has 2 aliphatic rings. The Labute approximate surface area is 123 Å². The summed E-state index contributed by atoms with van der Waals surface area (Å²) >= 11 is 0. The van der Waals surface area contributed by atoms with Crippen molar-refractivity contribution in [2.75, 3.05) is 39.3 Å². The van der Waals surface area contributed by atoms with Gasteiger partial charge in [-0.05, 0) is 52.7 Å². The van der Waals surface area contributed by atoms with Gasteiger partial charge < -0.3 is 15.6 Å². The van der Waals surface area contributed by atoms with E-state index in [0.717, 1.165) is 45.6 Å². The average molecular weight is 285 g/mol. The van der Waals surface area contributed by atoms with Crippen LogP contribution in [0.2, 0.25) is 0 Å². The Balaban J connectivity index is 1.67. The third-order valence-electron chi connectivity index (χ3n) is 4.43. The lowest BCUT2D eigenvalue weighted by Crippen LogP contribution is -2.46. The highest BCUT2D eigenvalue weighted by Gasteiger charge is 2.30. The number of likely N-dealkylation sites (tertiary alicyclic amines) is 2. The van der Waals surface area contributed by atoms with Crippen LogP contribution < -0.4 is 5.73 Å². The van der Waals surface area contributed by atoms with Crippen LogP contribution in [-0.2, 0) is 4.74 Å². The summed E-state index contributed by atoms with van der Waals surface area (Å²) in [4.78, 5) is 4.95. The van der Waals surface area contributed by atoms with Crippen molar-refractivity contribution in [1.82, 2.24) is 9.80 Å². The standard InChI is InChI=1S/C15H31N3O2/c1-12(2)20-11-15(19)10-17-6-5-14(9-17)18-7-3-13(16)4-8-18/h12-15,19H,3-11,16H2,1-2H3. The van der Waals surface area contributed by atoms with Crippen LogP contribution in [-0.4, -0.2) is 78.5 Å². The van der Waals surface area contributed by atoms with Gasteiger partial charge in [-0.2, -0.15) is 0 Å². The van der Waals surface area contributed by atoms with Gasteiger partial charge in [-0.25, -0.2) is 0 Å². The summed E-state index contributed by atoms with van der Waals surface area (Å²) in [6, 6.07) is 1.06. The van der Waals surface area contributed by atoms with Gasteiger partial charge in [0.05, 0.1) is 18.8 Å². The maximum absolute atomic E-state index is 9.99. The van der Waals surface area contributed by atoms with Crippen LogP contribution in [0.5, 0.6) is 0 Å². The zero-order valence-corrected chi connectivity index (χ0v) is 13.0. The normalized spacial score (nSPS) is 28.4. The van der Waals surface area contributed by atoms with Gasteiger partial charge in [0.25, 0.3) is 0 Å². The van der Waals surface area contributed by atoms with Gasteiger partial charge in [0.2, 0.25) is 0 Å². The van der Waals surface area contributed by atoms with Crippen LogP contribution in [0.4, 0.5) is 0 Å². The SMILES string of the molecule is CC(C)OCC(O)CN1CCC(N2CCC(N)CC2)C1. The minimum absolute atomic E-state index is 0.188. The Morgan fingerprint density at radius 3 is 2.55 bits per heavy atom. The van der Waals surface area contributed by atoms with Gasteiger partial charge in [0.15, 0.2) is 0 Å². The van der Waals surface area contributed by atoms with Gasteiger partial charge >= 0.3 is 0 Å².